The third-order valence-corrected chi connectivity index (χ3v) is 9.30. The average Bonchev–Trinajstić information content (AvgIpc) is 3.64. The fourth-order valence-corrected chi connectivity index (χ4v) is 6.78. The van der Waals surface area contributed by atoms with Crippen molar-refractivity contribution in [1.82, 2.24) is 5.32 Å². The maximum Gasteiger partial charge on any atom is 0.492 e. The predicted octanol–water partition coefficient (Wildman–Crippen LogP) is 5.26. The van der Waals surface area contributed by atoms with Crippen LogP contribution in [0.5, 0.6) is 0 Å². The van der Waals surface area contributed by atoms with Crippen LogP contribution in [-0.4, -0.2) is 46.3 Å². The molecule has 1 amide bonds. The number of amides is 1. The van der Waals surface area contributed by atoms with Crippen LogP contribution < -0.4 is 15.1 Å². The molecular weight excluding hydrogens is 586 g/mol. The SMILES string of the molecule is CNC(=O)c1c(-c2ccc(Cl)cc2)oc2cc(N(CCC3OB(O)c4cc(Cl)ccc43)S(C)(=O)=O)c(C3CC3)cc12. The number of hydrogen-bond donors (Lipinski definition) is 2. The molecule has 8 nitrogen and oxygen atoms in total. The van der Waals surface area contributed by atoms with Crippen molar-refractivity contribution < 1.29 is 27.3 Å². The van der Waals surface area contributed by atoms with Crippen molar-refractivity contribution >= 4 is 68.4 Å². The van der Waals surface area contributed by atoms with E-state index in [9.17, 15) is 18.2 Å². The summed E-state index contributed by atoms with van der Waals surface area (Å²) < 4.78 is 39.8. The van der Waals surface area contributed by atoms with E-state index in [0.29, 0.717) is 55.5 Å². The van der Waals surface area contributed by atoms with Crippen molar-refractivity contribution in [2.45, 2.75) is 31.3 Å². The van der Waals surface area contributed by atoms with Gasteiger partial charge in [0.15, 0.2) is 0 Å². The summed E-state index contributed by atoms with van der Waals surface area (Å²) in [5, 5.41) is 14.8. The summed E-state index contributed by atoms with van der Waals surface area (Å²) in [7, 11) is -3.30. The molecule has 212 valence electrons. The van der Waals surface area contributed by atoms with Crippen LogP contribution in [0.1, 0.15) is 52.8 Å². The Hall–Kier alpha value is -3.02. The topological polar surface area (TPSA) is 109 Å². The highest BCUT2D eigenvalue weighted by Gasteiger charge is 2.37. The second-order valence-electron chi connectivity index (χ2n) is 10.4. The van der Waals surface area contributed by atoms with Gasteiger partial charge in [-0.25, -0.2) is 8.42 Å². The van der Waals surface area contributed by atoms with Crippen molar-refractivity contribution in [3.05, 3.63) is 81.3 Å². The van der Waals surface area contributed by atoms with E-state index in [-0.39, 0.29) is 18.4 Å². The molecule has 3 aromatic carbocycles. The summed E-state index contributed by atoms with van der Waals surface area (Å²) in [6.07, 6.45) is 2.80. The molecule has 0 radical (unpaired) electrons. The van der Waals surface area contributed by atoms with Crippen LogP contribution in [0.3, 0.4) is 0 Å². The Morgan fingerprint density at radius 3 is 2.44 bits per heavy atom. The zero-order valence-electron chi connectivity index (χ0n) is 22.4. The largest absolute Gasteiger partial charge is 0.492 e. The second kappa shape index (κ2) is 10.7. The Balaban J connectivity index is 1.43. The monoisotopic (exact) mass is 612 g/mol. The summed E-state index contributed by atoms with van der Waals surface area (Å²) in [5.74, 6) is 0.237. The molecule has 2 heterocycles. The molecule has 1 aromatic heterocycles. The molecule has 12 heteroatoms. The molecule has 0 saturated heterocycles. The highest BCUT2D eigenvalue weighted by molar-refractivity contribution is 7.92. The Bertz CT molecular complexity index is 1770. The lowest BCUT2D eigenvalue weighted by Crippen LogP contribution is -2.32. The van der Waals surface area contributed by atoms with Gasteiger partial charge < -0.3 is 19.4 Å². The standard InChI is InChI=1S/C29H27BCl2N2O6S/c1-33-29(35)27-22-14-21(16-3-4-16)24(15-26(22)39-28(27)17-5-7-18(31)8-6-17)34(41(2,37)38)12-11-25-20-10-9-19(32)13-23(20)30(36)40-25/h5-10,13-16,25,36H,3-4,11-12H2,1-2H3,(H,33,35). The fraction of sp³-hybridized carbons (Fsp3) is 0.276. The minimum absolute atomic E-state index is 0.108. The van der Waals surface area contributed by atoms with Gasteiger partial charge in [0.2, 0.25) is 10.0 Å². The number of hydrogen-bond acceptors (Lipinski definition) is 6. The van der Waals surface area contributed by atoms with Crippen molar-refractivity contribution in [1.29, 1.82) is 0 Å². The van der Waals surface area contributed by atoms with Crippen LogP contribution in [0.4, 0.5) is 5.69 Å². The van der Waals surface area contributed by atoms with E-state index in [2.05, 4.69) is 5.32 Å². The second-order valence-corrected chi connectivity index (χ2v) is 13.2. The third-order valence-electron chi connectivity index (χ3n) is 7.63. The third kappa shape index (κ3) is 5.35. The van der Waals surface area contributed by atoms with E-state index >= 15 is 0 Å². The van der Waals surface area contributed by atoms with E-state index in [1.54, 1.807) is 55.6 Å². The van der Waals surface area contributed by atoms with Gasteiger partial charge in [-0.05, 0) is 84.2 Å². The van der Waals surface area contributed by atoms with E-state index < -0.39 is 23.2 Å². The van der Waals surface area contributed by atoms with Gasteiger partial charge in [-0.15, -0.1) is 0 Å². The molecule has 1 atom stereocenters. The van der Waals surface area contributed by atoms with Crippen LogP contribution in [-0.2, 0) is 14.7 Å². The number of rotatable bonds is 8. The summed E-state index contributed by atoms with van der Waals surface area (Å²) >= 11 is 12.2. The number of fused-ring (bicyclic) bond motifs is 2. The summed E-state index contributed by atoms with van der Waals surface area (Å²) in [5.41, 5.74) is 4.17. The van der Waals surface area contributed by atoms with E-state index in [4.69, 9.17) is 32.3 Å². The smallest absolute Gasteiger partial charge is 0.455 e. The summed E-state index contributed by atoms with van der Waals surface area (Å²) in [6.45, 7) is 0.108. The van der Waals surface area contributed by atoms with Crippen LogP contribution in [0.15, 0.2) is 59.0 Å². The van der Waals surface area contributed by atoms with Crippen molar-refractivity contribution in [3.8, 4) is 11.3 Å². The number of halogens is 2. The fourth-order valence-electron chi connectivity index (χ4n) is 5.52. The molecule has 1 unspecified atom stereocenters. The quantitative estimate of drug-likeness (QED) is 0.263. The number of anilines is 1. The molecular formula is C29H27BCl2N2O6S. The van der Waals surface area contributed by atoms with E-state index in [1.807, 2.05) is 6.07 Å². The molecule has 2 N–H and O–H groups in total. The lowest BCUT2D eigenvalue weighted by molar-refractivity contribution is 0.0964. The van der Waals surface area contributed by atoms with E-state index in [0.717, 1.165) is 24.0 Å². The van der Waals surface area contributed by atoms with Gasteiger partial charge in [-0.3, -0.25) is 9.10 Å². The zero-order valence-corrected chi connectivity index (χ0v) is 24.7. The van der Waals surface area contributed by atoms with Crippen molar-refractivity contribution in [3.63, 3.8) is 0 Å². The number of carbonyl (C=O) groups is 1. The van der Waals surface area contributed by atoms with E-state index in [1.165, 1.54) is 10.6 Å². The Morgan fingerprint density at radius 1 is 1.07 bits per heavy atom. The number of carbonyl (C=O) groups excluding carboxylic acids is 1. The lowest BCUT2D eigenvalue weighted by Gasteiger charge is -2.26. The van der Waals surface area contributed by atoms with Gasteiger partial charge in [0.1, 0.15) is 11.3 Å². The molecule has 4 aromatic rings. The van der Waals surface area contributed by atoms with Crippen LogP contribution in [0, 0.1) is 0 Å². The van der Waals surface area contributed by atoms with Crippen LogP contribution in [0.25, 0.3) is 22.3 Å². The molecule has 1 fully saturated rings. The first-order valence-electron chi connectivity index (χ1n) is 13.2. The minimum Gasteiger partial charge on any atom is -0.455 e. The Morgan fingerprint density at radius 2 is 1.78 bits per heavy atom. The normalized spacial score (nSPS) is 16.7. The van der Waals surface area contributed by atoms with Crippen molar-refractivity contribution in [2.75, 3.05) is 24.2 Å². The first-order valence-corrected chi connectivity index (χ1v) is 15.8. The van der Waals surface area contributed by atoms with Crippen LogP contribution >= 0.6 is 23.2 Å². The maximum absolute atomic E-state index is 13.2. The van der Waals surface area contributed by atoms with Gasteiger partial charge in [-0.1, -0.05) is 29.3 Å². The number of furan rings is 1. The minimum atomic E-state index is -3.73. The zero-order chi connectivity index (χ0) is 29.1. The summed E-state index contributed by atoms with van der Waals surface area (Å²) in [6, 6.07) is 15.8. The molecule has 1 aliphatic heterocycles. The van der Waals surface area contributed by atoms with Gasteiger partial charge in [0, 0.05) is 40.7 Å². The molecule has 1 aliphatic carbocycles. The molecule has 0 spiro atoms. The van der Waals surface area contributed by atoms with Crippen LogP contribution in [0.2, 0.25) is 10.0 Å². The number of nitrogens with one attached hydrogen (secondary N) is 1. The molecule has 2 aliphatic rings. The highest BCUT2D eigenvalue weighted by atomic mass is 35.5. The van der Waals surface area contributed by atoms with Gasteiger partial charge >= 0.3 is 7.12 Å². The predicted molar refractivity (Wildman–Crippen MR) is 162 cm³/mol. The highest BCUT2D eigenvalue weighted by Crippen LogP contribution is 2.48. The Kier molecular flexibility index (Phi) is 7.32. The first kappa shape index (κ1) is 28.1. The molecule has 1 saturated carbocycles. The van der Waals surface area contributed by atoms with Gasteiger partial charge in [0.05, 0.1) is 23.6 Å². The summed E-state index contributed by atoms with van der Waals surface area (Å²) in [4.78, 5) is 13.1. The number of nitrogens with zero attached hydrogens (tertiary/aromatic N) is 1. The van der Waals surface area contributed by atoms with Crippen molar-refractivity contribution in [2.24, 2.45) is 0 Å². The van der Waals surface area contributed by atoms with Gasteiger partial charge in [-0.2, -0.15) is 0 Å². The number of benzene rings is 3. The average molecular weight is 613 g/mol. The Labute approximate surface area is 248 Å². The maximum atomic E-state index is 13.2. The number of sulfonamides is 1. The van der Waals surface area contributed by atoms with Gasteiger partial charge in [0.25, 0.3) is 5.91 Å². The molecule has 0 bridgehead atoms. The molecule has 41 heavy (non-hydrogen) atoms. The lowest BCUT2D eigenvalue weighted by atomic mass is 9.79. The first-order chi connectivity index (χ1) is 19.5. The molecule has 6 rings (SSSR count).